The van der Waals surface area contributed by atoms with Crippen molar-refractivity contribution >= 4 is 5.82 Å². The maximum absolute atomic E-state index is 12.8. The molecule has 1 aliphatic rings. The van der Waals surface area contributed by atoms with E-state index in [0.717, 1.165) is 37.4 Å². The van der Waals surface area contributed by atoms with Gasteiger partial charge < -0.3 is 10.6 Å². The van der Waals surface area contributed by atoms with Gasteiger partial charge in [-0.25, -0.2) is 4.39 Å². The van der Waals surface area contributed by atoms with Crippen LogP contribution in [0.2, 0.25) is 0 Å². The van der Waals surface area contributed by atoms with Crippen molar-refractivity contribution in [1.82, 2.24) is 20.5 Å². The molecule has 0 spiro atoms. The number of halogens is 1. The Kier molecular flexibility index (Phi) is 3.41. The molecule has 0 bridgehead atoms. The molecule has 3 rings (SSSR count). The molecule has 2 aromatic rings. The molecule has 2 aromatic heterocycles. The summed E-state index contributed by atoms with van der Waals surface area (Å²) in [5, 5.41) is 13.9. The fourth-order valence-corrected chi connectivity index (χ4v) is 2.24. The Morgan fingerprint density at radius 1 is 1.26 bits per heavy atom. The molecule has 0 aromatic carbocycles. The lowest BCUT2D eigenvalue weighted by atomic mass is 10.1. The summed E-state index contributed by atoms with van der Waals surface area (Å²) in [6.07, 6.45) is 3.39. The molecular weight excluding hydrogens is 245 g/mol. The summed E-state index contributed by atoms with van der Waals surface area (Å²) < 4.78 is 12.8. The first kappa shape index (κ1) is 12.1. The van der Waals surface area contributed by atoms with E-state index in [1.54, 1.807) is 6.07 Å². The highest BCUT2D eigenvalue weighted by atomic mass is 19.1. The molecule has 100 valence electrons. The van der Waals surface area contributed by atoms with Crippen LogP contribution in [0.1, 0.15) is 12.8 Å². The highest BCUT2D eigenvalue weighted by Crippen LogP contribution is 2.19. The van der Waals surface area contributed by atoms with E-state index in [9.17, 15) is 4.39 Å². The van der Waals surface area contributed by atoms with Gasteiger partial charge in [0.1, 0.15) is 11.6 Å². The zero-order valence-corrected chi connectivity index (χ0v) is 10.5. The monoisotopic (exact) mass is 261 g/mol. The minimum absolute atomic E-state index is 0.337. The quantitative estimate of drug-likeness (QED) is 0.788. The van der Waals surface area contributed by atoms with Gasteiger partial charge in [-0.1, -0.05) is 0 Å². The molecule has 0 atom stereocenters. The van der Waals surface area contributed by atoms with Crippen LogP contribution in [0.25, 0.3) is 11.4 Å². The van der Waals surface area contributed by atoms with Gasteiger partial charge in [-0.2, -0.15) is 5.10 Å². The summed E-state index contributed by atoms with van der Waals surface area (Å²) in [7, 11) is 0. The molecule has 1 fully saturated rings. The van der Waals surface area contributed by atoms with Crippen molar-refractivity contribution in [2.75, 3.05) is 18.4 Å². The molecule has 0 radical (unpaired) electrons. The van der Waals surface area contributed by atoms with E-state index in [0.29, 0.717) is 11.7 Å². The van der Waals surface area contributed by atoms with Gasteiger partial charge in [0.2, 0.25) is 0 Å². The van der Waals surface area contributed by atoms with Crippen molar-refractivity contribution in [2.45, 2.75) is 18.9 Å². The third-order valence-electron chi connectivity index (χ3n) is 3.27. The first-order chi connectivity index (χ1) is 9.31. The number of hydrogen-bond donors (Lipinski definition) is 3. The number of pyridine rings is 1. The Morgan fingerprint density at radius 2 is 2.11 bits per heavy atom. The van der Waals surface area contributed by atoms with E-state index in [2.05, 4.69) is 25.8 Å². The van der Waals surface area contributed by atoms with E-state index in [1.807, 2.05) is 6.07 Å². The predicted octanol–water partition coefficient (Wildman–Crippen LogP) is 1.77. The summed E-state index contributed by atoms with van der Waals surface area (Å²) in [6, 6.07) is 5.39. The van der Waals surface area contributed by atoms with Gasteiger partial charge in [0.05, 0.1) is 17.6 Å². The summed E-state index contributed by atoms with van der Waals surface area (Å²) in [6.45, 7) is 2.07. The predicted molar refractivity (Wildman–Crippen MR) is 71.3 cm³/mol. The topological polar surface area (TPSA) is 65.6 Å². The number of aromatic amines is 1. The van der Waals surface area contributed by atoms with E-state index < -0.39 is 0 Å². The van der Waals surface area contributed by atoms with Gasteiger partial charge in [0.15, 0.2) is 0 Å². The first-order valence-corrected chi connectivity index (χ1v) is 6.46. The van der Waals surface area contributed by atoms with Crippen LogP contribution < -0.4 is 10.6 Å². The molecule has 0 amide bonds. The van der Waals surface area contributed by atoms with Crippen molar-refractivity contribution < 1.29 is 4.39 Å². The fourth-order valence-electron chi connectivity index (χ4n) is 2.24. The maximum Gasteiger partial charge on any atom is 0.148 e. The molecule has 19 heavy (non-hydrogen) atoms. The molecular formula is C13H16FN5. The number of hydrogen-bond acceptors (Lipinski definition) is 4. The molecule has 0 saturated carbocycles. The largest absolute Gasteiger partial charge is 0.366 e. The first-order valence-electron chi connectivity index (χ1n) is 6.46. The minimum atomic E-state index is -0.337. The van der Waals surface area contributed by atoms with E-state index in [4.69, 9.17) is 0 Å². The van der Waals surface area contributed by atoms with Crippen LogP contribution in [0.3, 0.4) is 0 Å². The lowest BCUT2D eigenvalue weighted by Crippen LogP contribution is -2.35. The highest BCUT2D eigenvalue weighted by Gasteiger charge is 2.14. The second kappa shape index (κ2) is 5.36. The lowest BCUT2D eigenvalue weighted by Gasteiger charge is -2.23. The minimum Gasteiger partial charge on any atom is -0.366 e. The van der Waals surface area contributed by atoms with Crippen LogP contribution in [0, 0.1) is 5.82 Å². The average molecular weight is 261 g/mol. The third-order valence-corrected chi connectivity index (χ3v) is 3.27. The summed E-state index contributed by atoms with van der Waals surface area (Å²) in [5.74, 6) is 0.476. The molecule has 3 heterocycles. The van der Waals surface area contributed by atoms with Crippen molar-refractivity contribution in [3.8, 4) is 11.4 Å². The van der Waals surface area contributed by atoms with Crippen LogP contribution in [0.5, 0.6) is 0 Å². The normalized spacial score (nSPS) is 16.5. The van der Waals surface area contributed by atoms with Crippen molar-refractivity contribution in [3.63, 3.8) is 0 Å². The van der Waals surface area contributed by atoms with E-state index in [1.165, 1.54) is 12.3 Å². The smallest absolute Gasteiger partial charge is 0.148 e. The van der Waals surface area contributed by atoms with Gasteiger partial charge in [0.25, 0.3) is 0 Å². The van der Waals surface area contributed by atoms with Crippen LogP contribution in [-0.2, 0) is 0 Å². The van der Waals surface area contributed by atoms with E-state index >= 15 is 0 Å². The molecule has 1 saturated heterocycles. The molecule has 1 aliphatic heterocycles. The average Bonchev–Trinajstić information content (AvgIpc) is 2.89. The SMILES string of the molecule is Fc1ccc(-c2cc(NC3CCNCC3)n[nH]2)nc1. The van der Waals surface area contributed by atoms with Gasteiger partial charge in [-0.3, -0.25) is 10.1 Å². The standard InChI is InChI=1S/C13H16FN5/c14-9-1-2-11(16-8-9)12-7-13(19-18-12)17-10-3-5-15-6-4-10/h1-2,7-8,10,15H,3-6H2,(H2,17,18,19). The molecule has 0 unspecified atom stereocenters. The molecule has 6 heteroatoms. The Labute approximate surface area is 110 Å². The number of anilines is 1. The zero-order chi connectivity index (χ0) is 13.1. The van der Waals surface area contributed by atoms with Crippen LogP contribution in [-0.4, -0.2) is 34.3 Å². The second-order valence-electron chi connectivity index (χ2n) is 4.70. The highest BCUT2D eigenvalue weighted by molar-refractivity contribution is 5.58. The fraction of sp³-hybridized carbons (Fsp3) is 0.385. The second-order valence-corrected chi connectivity index (χ2v) is 4.70. The number of aromatic nitrogens is 3. The number of H-pyrrole nitrogens is 1. The Morgan fingerprint density at radius 3 is 2.84 bits per heavy atom. The van der Waals surface area contributed by atoms with Crippen molar-refractivity contribution in [2.24, 2.45) is 0 Å². The lowest BCUT2D eigenvalue weighted by molar-refractivity contribution is 0.478. The molecule has 0 aliphatic carbocycles. The Bertz CT molecular complexity index is 530. The summed E-state index contributed by atoms with van der Waals surface area (Å²) in [4.78, 5) is 4.02. The van der Waals surface area contributed by atoms with Crippen LogP contribution in [0.15, 0.2) is 24.4 Å². The van der Waals surface area contributed by atoms with Gasteiger partial charge in [-0.05, 0) is 38.1 Å². The summed E-state index contributed by atoms with van der Waals surface area (Å²) >= 11 is 0. The van der Waals surface area contributed by atoms with Crippen LogP contribution >= 0.6 is 0 Å². The summed E-state index contributed by atoms with van der Waals surface area (Å²) in [5.41, 5.74) is 1.48. The Hall–Kier alpha value is -1.95. The number of nitrogens with zero attached hydrogens (tertiary/aromatic N) is 2. The zero-order valence-electron chi connectivity index (χ0n) is 10.5. The number of piperidine rings is 1. The maximum atomic E-state index is 12.8. The molecule has 5 nitrogen and oxygen atoms in total. The van der Waals surface area contributed by atoms with Gasteiger partial charge >= 0.3 is 0 Å². The van der Waals surface area contributed by atoms with Gasteiger partial charge in [-0.15, -0.1) is 0 Å². The van der Waals surface area contributed by atoms with Crippen molar-refractivity contribution in [1.29, 1.82) is 0 Å². The third kappa shape index (κ3) is 2.90. The number of rotatable bonds is 3. The van der Waals surface area contributed by atoms with Crippen LogP contribution in [0.4, 0.5) is 10.2 Å². The van der Waals surface area contributed by atoms with E-state index in [-0.39, 0.29) is 5.82 Å². The Balaban J connectivity index is 1.70. The number of nitrogens with one attached hydrogen (secondary N) is 3. The van der Waals surface area contributed by atoms with Crippen molar-refractivity contribution in [3.05, 3.63) is 30.2 Å². The van der Waals surface area contributed by atoms with Gasteiger partial charge in [0, 0.05) is 12.1 Å². The molecule has 3 N–H and O–H groups in total.